The standard InChI is InChI=1S/C21H26N2O3/c1-25-19-7-6-16-12-18(5-4-17(16)13-19)20-14-23(10-11-26-20)21(24)15-22-8-2-3-9-22/h4-7,12-13,20H,2-3,8-11,14-15H2,1H3/t20-/m0/s1. The van der Waals surface area contributed by atoms with Crippen LogP contribution in [0, 0.1) is 0 Å². The van der Waals surface area contributed by atoms with Crippen molar-refractivity contribution in [1.29, 1.82) is 0 Å². The second-order valence-corrected chi connectivity index (χ2v) is 7.15. The van der Waals surface area contributed by atoms with Gasteiger partial charge in [0, 0.05) is 6.54 Å². The van der Waals surface area contributed by atoms with Crippen LogP contribution < -0.4 is 4.74 Å². The number of nitrogens with zero attached hydrogens (tertiary/aromatic N) is 2. The van der Waals surface area contributed by atoms with Crippen LogP contribution in [-0.2, 0) is 9.53 Å². The van der Waals surface area contributed by atoms with E-state index in [1.54, 1.807) is 7.11 Å². The van der Waals surface area contributed by atoms with Crippen molar-refractivity contribution in [3.63, 3.8) is 0 Å². The fourth-order valence-electron chi connectivity index (χ4n) is 3.88. The molecule has 0 radical (unpaired) electrons. The molecule has 5 nitrogen and oxygen atoms in total. The first-order valence-corrected chi connectivity index (χ1v) is 9.42. The SMILES string of the molecule is COc1ccc2cc([C@@H]3CN(C(=O)CN4CCCC4)CCO3)ccc2c1. The van der Waals surface area contributed by atoms with E-state index in [2.05, 4.69) is 29.2 Å². The Morgan fingerprint density at radius 1 is 1.12 bits per heavy atom. The maximum absolute atomic E-state index is 12.6. The van der Waals surface area contributed by atoms with Gasteiger partial charge in [-0.05, 0) is 60.5 Å². The molecule has 0 aliphatic carbocycles. The summed E-state index contributed by atoms with van der Waals surface area (Å²) in [5.41, 5.74) is 1.13. The van der Waals surface area contributed by atoms with Crippen LogP contribution in [0.4, 0.5) is 0 Å². The Morgan fingerprint density at radius 2 is 1.88 bits per heavy atom. The fraction of sp³-hybridized carbons (Fsp3) is 0.476. The highest BCUT2D eigenvalue weighted by Crippen LogP contribution is 2.28. The number of hydrogen-bond donors (Lipinski definition) is 0. The molecule has 2 aromatic carbocycles. The lowest BCUT2D eigenvalue weighted by molar-refractivity contribution is -0.140. The van der Waals surface area contributed by atoms with Crippen molar-refractivity contribution in [2.75, 3.05) is 46.4 Å². The number of methoxy groups -OCH3 is 1. The zero-order chi connectivity index (χ0) is 17.9. The first-order valence-electron chi connectivity index (χ1n) is 9.42. The van der Waals surface area contributed by atoms with Crippen molar-refractivity contribution in [3.05, 3.63) is 42.0 Å². The van der Waals surface area contributed by atoms with Gasteiger partial charge < -0.3 is 14.4 Å². The van der Waals surface area contributed by atoms with Gasteiger partial charge in [0.15, 0.2) is 0 Å². The normalized spacial score (nSPS) is 21.3. The molecule has 0 bridgehead atoms. The van der Waals surface area contributed by atoms with Crippen LogP contribution in [0.2, 0.25) is 0 Å². The summed E-state index contributed by atoms with van der Waals surface area (Å²) in [5.74, 6) is 1.09. The Morgan fingerprint density at radius 3 is 2.69 bits per heavy atom. The lowest BCUT2D eigenvalue weighted by atomic mass is 10.0. The maximum atomic E-state index is 12.6. The number of fused-ring (bicyclic) bond motifs is 1. The molecular formula is C21H26N2O3. The maximum Gasteiger partial charge on any atom is 0.236 e. The van der Waals surface area contributed by atoms with Gasteiger partial charge in [-0.15, -0.1) is 0 Å². The highest BCUT2D eigenvalue weighted by molar-refractivity contribution is 5.84. The number of benzene rings is 2. The van der Waals surface area contributed by atoms with E-state index in [1.165, 1.54) is 12.8 Å². The molecule has 2 saturated heterocycles. The quantitative estimate of drug-likeness (QED) is 0.847. The van der Waals surface area contributed by atoms with Gasteiger partial charge in [-0.25, -0.2) is 0 Å². The molecule has 2 aliphatic heterocycles. The third kappa shape index (κ3) is 3.69. The number of amides is 1. The summed E-state index contributed by atoms with van der Waals surface area (Å²) in [4.78, 5) is 16.9. The highest BCUT2D eigenvalue weighted by Gasteiger charge is 2.27. The third-order valence-corrected chi connectivity index (χ3v) is 5.42. The van der Waals surface area contributed by atoms with Gasteiger partial charge in [-0.3, -0.25) is 9.69 Å². The van der Waals surface area contributed by atoms with Gasteiger partial charge >= 0.3 is 0 Å². The molecule has 1 amide bonds. The van der Waals surface area contributed by atoms with E-state index in [1.807, 2.05) is 17.0 Å². The monoisotopic (exact) mass is 354 g/mol. The Kier molecular flexibility index (Phi) is 5.09. The number of hydrogen-bond acceptors (Lipinski definition) is 4. The first kappa shape index (κ1) is 17.3. The van der Waals surface area contributed by atoms with E-state index in [0.29, 0.717) is 26.2 Å². The van der Waals surface area contributed by atoms with Gasteiger partial charge in [0.05, 0.1) is 26.8 Å². The molecule has 0 N–H and O–H groups in total. The molecule has 2 fully saturated rings. The van der Waals surface area contributed by atoms with Gasteiger partial charge in [-0.1, -0.05) is 18.2 Å². The Labute approximate surface area is 154 Å². The van der Waals surface area contributed by atoms with Crippen molar-refractivity contribution in [2.24, 2.45) is 0 Å². The van der Waals surface area contributed by atoms with Crippen LogP contribution in [0.15, 0.2) is 36.4 Å². The van der Waals surface area contributed by atoms with Crippen LogP contribution in [0.1, 0.15) is 24.5 Å². The van der Waals surface area contributed by atoms with E-state index >= 15 is 0 Å². The summed E-state index contributed by atoms with van der Waals surface area (Å²) >= 11 is 0. The number of carbonyl (C=O) groups excluding carboxylic acids is 1. The lowest BCUT2D eigenvalue weighted by Crippen LogP contribution is -2.46. The zero-order valence-electron chi connectivity index (χ0n) is 15.3. The van der Waals surface area contributed by atoms with Crippen LogP contribution >= 0.6 is 0 Å². The molecule has 2 aromatic rings. The summed E-state index contributed by atoms with van der Waals surface area (Å²) < 4.78 is 11.3. The Balaban J connectivity index is 1.46. The third-order valence-electron chi connectivity index (χ3n) is 5.42. The van der Waals surface area contributed by atoms with Crippen molar-refractivity contribution in [2.45, 2.75) is 18.9 Å². The summed E-state index contributed by atoms with van der Waals surface area (Å²) in [6.07, 6.45) is 2.36. The van der Waals surface area contributed by atoms with Crippen molar-refractivity contribution in [1.82, 2.24) is 9.80 Å². The molecule has 5 heteroatoms. The molecule has 138 valence electrons. The number of carbonyl (C=O) groups is 1. The molecule has 1 atom stereocenters. The topological polar surface area (TPSA) is 42.0 Å². The average Bonchev–Trinajstić information content (AvgIpc) is 3.20. The second-order valence-electron chi connectivity index (χ2n) is 7.15. The molecule has 26 heavy (non-hydrogen) atoms. The average molecular weight is 354 g/mol. The minimum atomic E-state index is -0.0576. The molecule has 2 heterocycles. The molecule has 0 saturated carbocycles. The number of likely N-dealkylation sites (tertiary alicyclic amines) is 1. The summed E-state index contributed by atoms with van der Waals surface area (Å²) in [7, 11) is 1.68. The van der Waals surface area contributed by atoms with E-state index in [-0.39, 0.29) is 12.0 Å². The minimum absolute atomic E-state index is 0.0576. The van der Waals surface area contributed by atoms with Crippen LogP contribution in [0.3, 0.4) is 0 Å². The number of rotatable bonds is 4. The number of ether oxygens (including phenoxy) is 2. The molecule has 4 rings (SSSR count). The first-order chi connectivity index (χ1) is 12.7. The van der Waals surface area contributed by atoms with E-state index in [9.17, 15) is 4.79 Å². The van der Waals surface area contributed by atoms with Crippen LogP contribution in [-0.4, -0.2) is 62.1 Å². The van der Waals surface area contributed by atoms with Gasteiger partial charge in [0.25, 0.3) is 0 Å². The van der Waals surface area contributed by atoms with E-state index in [0.717, 1.165) is 35.2 Å². The molecule has 0 aromatic heterocycles. The van der Waals surface area contributed by atoms with Crippen LogP contribution in [0.5, 0.6) is 5.75 Å². The van der Waals surface area contributed by atoms with E-state index < -0.39 is 0 Å². The van der Waals surface area contributed by atoms with Crippen LogP contribution in [0.25, 0.3) is 10.8 Å². The number of morpholine rings is 1. The fourth-order valence-corrected chi connectivity index (χ4v) is 3.88. The highest BCUT2D eigenvalue weighted by atomic mass is 16.5. The Bertz CT molecular complexity index is 786. The minimum Gasteiger partial charge on any atom is -0.497 e. The summed E-state index contributed by atoms with van der Waals surface area (Å²) in [6, 6.07) is 12.4. The van der Waals surface area contributed by atoms with Crippen molar-refractivity contribution in [3.8, 4) is 5.75 Å². The smallest absolute Gasteiger partial charge is 0.236 e. The summed E-state index contributed by atoms with van der Waals surface area (Å²) in [6.45, 7) is 4.56. The predicted molar refractivity (Wildman–Crippen MR) is 101 cm³/mol. The van der Waals surface area contributed by atoms with Gasteiger partial charge in [0.1, 0.15) is 11.9 Å². The zero-order valence-corrected chi connectivity index (χ0v) is 15.3. The molecule has 2 aliphatic rings. The van der Waals surface area contributed by atoms with Crippen molar-refractivity contribution >= 4 is 16.7 Å². The van der Waals surface area contributed by atoms with Gasteiger partial charge in [0.2, 0.25) is 5.91 Å². The van der Waals surface area contributed by atoms with E-state index in [4.69, 9.17) is 9.47 Å². The molecule has 0 spiro atoms. The molecule has 0 unspecified atom stereocenters. The predicted octanol–water partition coefficient (Wildman–Crippen LogP) is 2.84. The lowest BCUT2D eigenvalue weighted by Gasteiger charge is -2.34. The molecular weight excluding hydrogens is 328 g/mol. The van der Waals surface area contributed by atoms with Crippen molar-refractivity contribution < 1.29 is 14.3 Å². The Hall–Kier alpha value is -2.11. The van der Waals surface area contributed by atoms with Gasteiger partial charge in [-0.2, -0.15) is 0 Å². The second kappa shape index (κ2) is 7.64. The largest absolute Gasteiger partial charge is 0.497 e. The summed E-state index contributed by atoms with van der Waals surface area (Å²) in [5, 5.41) is 2.30.